The lowest BCUT2D eigenvalue weighted by atomic mass is 10.3. The van der Waals surface area contributed by atoms with Gasteiger partial charge in [-0.05, 0) is 6.07 Å². The van der Waals surface area contributed by atoms with Crippen molar-refractivity contribution in [2.75, 3.05) is 31.6 Å². The lowest BCUT2D eigenvalue weighted by Crippen LogP contribution is -2.42. The molecule has 2 aromatic rings. The van der Waals surface area contributed by atoms with E-state index in [1.54, 1.807) is 6.07 Å². The predicted molar refractivity (Wildman–Crippen MR) is 71.8 cm³/mol. The van der Waals surface area contributed by atoms with Crippen molar-refractivity contribution in [1.82, 2.24) is 10.3 Å². The molecule has 1 fully saturated rings. The number of fused-ring (bicyclic) bond motifs is 1. The van der Waals surface area contributed by atoms with Crippen molar-refractivity contribution in [3.05, 3.63) is 28.3 Å². The highest BCUT2D eigenvalue weighted by atomic mass is 16.6. The van der Waals surface area contributed by atoms with Crippen molar-refractivity contribution in [3.8, 4) is 0 Å². The fraction of sp³-hybridized carbons (Fsp3) is 0.417. The van der Waals surface area contributed by atoms with E-state index in [1.807, 2.05) is 0 Å². The van der Waals surface area contributed by atoms with Crippen molar-refractivity contribution in [1.29, 1.82) is 0 Å². The predicted octanol–water partition coefficient (Wildman–Crippen LogP) is 1.14. The summed E-state index contributed by atoms with van der Waals surface area (Å²) < 4.78 is 11.0. The van der Waals surface area contributed by atoms with Gasteiger partial charge in [-0.25, -0.2) is 0 Å². The molecule has 1 unspecified atom stereocenters. The smallest absolute Gasteiger partial charge is 0.295 e. The number of anilines is 1. The summed E-state index contributed by atoms with van der Waals surface area (Å²) in [6, 6.07) is 4.69. The number of ether oxygens (including phenoxy) is 1. The molecule has 2 heterocycles. The molecule has 0 saturated carbocycles. The molecule has 1 saturated heterocycles. The third-order valence-electron chi connectivity index (χ3n) is 3.07. The monoisotopic (exact) mass is 278 g/mol. The number of morpholine rings is 1. The van der Waals surface area contributed by atoms with E-state index in [1.165, 1.54) is 12.1 Å². The SMILES string of the molecule is O=[N+]([O-])c1ccc2nc(NCC3CNCCO3)oc2c1. The zero-order valence-corrected chi connectivity index (χ0v) is 10.7. The second-order valence-corrected chi connectivity index (χ2v) is 4.51. The van der Waals surface area contributed by atoms with Gasteiger partial charge >= 0.3 is 0 Å². The van der Waals surface area contributed by atoms with E-state index >= 15 is 0 Å². The molecular formula is C12H14N4O4. The van der Waals surface area contributed by atoms with Crippen LogP contribution in [0.3, 0.4) is 0 Å². The van der Waals surface area contributed by atoms with Crippen molar-refractivity contribution in [2.24, 2.45) is 0 Å². The molecule has 8 heteroatoms. The number of oxazole rings is 1. The van der Waals surface area contributed by atoms with Crippen molar-refractivity contribution >= 4 is 22.8 Å². The maximum absolute atomic E-state index is 10.7. The lowest BCUT2D eigenvalue weighted by molar-refractivity contribution is -0.384. The molecule has 0 bridgehead atoms. The summed E-state index contributed by atoms with van der Waals surface area (Å²) in [4.78, 5) is 14.4. The van der Waals surface area contributed by atoms with Gasteiger partial charge in [0.15, 0.2) is 5.58 Å². The third-order valence-corrected chi connectivity index (χ3v) is 3.07. The normalized spacial score (nSPS) is 19.1. The maximum Gasteiger partial charge on any atom is 0.295 e. The largest absolute Gasteiger partial charge is 0.423 e. The Hall–Kier alpha value is -2.19. The summed E-state index contributed by atoms with van der Waals surface area (Å²) in [6.45, 7) is 2.90. The number of rotatable bonds is 4. The van der Waals surface area contributed by atoms with Crippen molar-refractivity contribution in [3.63, 3.8) is 0 Å². The van der Waals surface area contributed by atoms with Crippen LogP contribution in [0.2, 0.25) is 0 Å². The first kappa shape index (κ1) is 12.8. The molecule has 1 aromatic heterocycles. The topological polar surface area (TPSA) is 102 Å². The van der Waals surface area contributed by atoms with E-state index in [2.05, 4.69) is 15.6 Å². The van der Waals surface area contributed by atoms with Crippen LogP contribution in [0.5, 0.6) is 0 Å². The van der Waals surface area contributed by atoms with Gasteiger partial charge in [-0.2, -0.15) is 4.98 Å². The molecule has 20 heavy (non-hydrogen) atoms. The van der Waals surface area contributed by atoms with Gasteiger partial charge in [0.2, 0.25) is 0 Å². The molecular weight excluding hydrogens is 264 g/mol. The van der Waals surface area contributed by atoms with Crippen LogP contribution >= 0.6 is 0 Å². The minimum Gasteiger partial charge on any atom is -0.423 e. The van der Waals surface area contributed by atoms with E-state index in [9.17, 15) is 10.1 Å². The fourth-order valence-electron chi connectivity index (χ4n) is 2.05. The third kappa shape index (κ3) is 2.70. The average molecular weight is 278 g/mol. The van der Waals surface area contributed by atoms with E-state index < -0.39 is 4.92 Å². The van der Waals surface area contributed by atoms with Gasteiger partial charge in [-0.15, -0.1) is 0 Å². The first-order valence-corrected chi connectivity index (χ1v) is 6.33. The minimum atomic E-state index is -0.462. The van der Waals surface area contributed by atoms with Gasteiger partial charge < -0.3 is 19.8 Å². The summed E-state index contributed by atoms with van der Waals surface area (Å²) in [6.07, 6.45) is 0.0631. The summed E-state index contributed by atoms with van der Waals surface area (Å²) in [5.74, 6) is 0. The van der Waals surface area contributed by atoms with Crippen LogP contribution < -0.4 is 10.6 Å². The second kappa shape index (κ2) is 5.43. The zero-order chi connectivity index (χ0) is 13.9. The number of nitro groups is 1. The number of benzene rings is 1. The van der Waals surface area contributed by atoms with Crippen LogP contribution in [-0.2, 0) is 4.74 Å². The number of aromatic nitrogens is 1. The molecule has 1 aromatic carbocycles. The molecule has 0 aliphatic carbocycles. The summed E-state index contributed by atoms with van der Waals surface area (Å²) in [5, 5.41) is 17.0. The van der Waals surface area contributed by atoms with Crippen LogP contribution in [0.4, 0.5) is 11.7 Å². The van der Waals surface area contributed by atoms with Gasteiger partial charge in [-0.3, -0.25) is 10.1 Å². The Morgan fingerprint density at radius 3 is 3.20 bits per heavy atom. The second-order valence-electron chi connectivity index (χ2n) is 4.51. The molecule has 1 aliphatic heterocycles. The standard InChI is InChI=1S/C12H14N4O4/c17-16(18)8-1-2-10-11(5-8)20-12(15-10)14-7-9-6-13-3-4-19-9/h1-2,5,9,13H,3-4,6-7H2,(H,14,15). The van der Waals surface area contributed by atoms with Crippen molar-refractivity contribution in [2.45, 2.75) is 6.10 Å². The number of nitrogens with one attached hydrogen (secondary N) is 2. The highest BCUT2D eigenvalue weighted by Gasteiger charge is 2.15. The molecule has 1 aliphatic rings. The zero-order valence-electron chi connectivity index (χ0n) is 10.7. The molecule has 1 atom stereocenters. The highest BCUT2D eigenvalue weighted by Crippen LogP contribution is 2.23. The Balaban J connectivity index is 1.70. The molecule has 8 nitrogen and oxygen atoms in total. The van der Waals surface area contributed by atoms with Crippen LogP contribution in [-0.4, -0.2) is 42.3 Å². The minimum absolute atomic E-state index is 0.0139. The molecule has 0 amide bonds. The van der Waals surface area contributed by atoms with E-state index in [4.69, 9.17) is 9.15 Å². The van der Waals surface area contributed by atoms with Crippen LogP contribution in [0.15, 0.2) is 22.6 Å². The lowest BCUT2D eigenvalue weighted by Gasteiger charge is -2.23. The van der Waals surface area contributed by atoms with Gasteiger partial charge in [-0.1, -0.05) is 0 Å². The summed E-state index contributed by atoms with van der Waals surface area (Å²) >= 11 is 0. The number of nitro benzene ring substituents is 1. The summed E-state index contributed by atoms with van der Waals surface area (Å²) in [7, 11) is 0. The molecule has 3 rings (SSSR count). The molecule has 106 valence electrons. The first-order valence-electron chi connectivity index (χ1n) is 6.33. The van der Waals surface area contributed by atoms with Crippen LogP contribution in [0.1, 0.15) is 0 Å². The van der Waals surface area contributed by atoms with E-state index in [-0.39, 0.29) is 11.8 Å². The summed E-state index contributed by atoms with van der Waals surface area (Å²) in [5.41, 5.74) is 0.963. The van der Waals surface area contributed by atoms with E-state index in [0.717, 1.165) is 13.1 Å². The van der Waals surface area contributed by atoms with Crippen LogP contribution in [0, 0.1) is 10.1 Å². The van der Waals surface area contributed by atoms with Gasteiger partial charge in [0.1, 0.15) is 5.52 Å². The fourth-order valence-corrected chi connectivity index (χ4v) is 2.05. The Labute approximate surface area is 114 Å². The molecule has 2 N–H and O–H groups in total. The number of nitrogens with zero attached hydrogens (tertiary/aromatic N) is 2. The Morgan fingerprint density at radius 2 is 2.45 bits per heavy atom. The number of hydrogen-bond donors (Lipinski definition) is 2. The Morgan fingerprint density at radius 1 is 1.55 bits per heavy atom. The van der Waals surface area contributed by atoms with Gasteiger partial charge in [0.05, 0.1) is 23.7 Å². The highest BCUT2D eigenvalue weighted by molar-refractivity contribution is 5.77. The van der Waals surface area contributed by atoms with Gasteiger partial charge in [0, 0.05) is 25.7 Å². The number of non-ortho nitro benzene ring substituents is 1. The first-order chi connectivity index (χ1) is 9.72. The van der Waals surface area contributed by atoms with E-state index in [0.29, 0.717) is 30.3 Å². The quantitative estimate of drug-likeness (QED) is 0.638. The maximum atomic E-state index is 10.7. The van der Waals surface area contributed by atoms with Crippen LogP contribution in [0.25, 0.3) is 11.1 Å². The Bertz CT molecular complexity index is 621. The number of hydrogen-bond acceptors (Lipinski definition) is 7. The molecule has 0 radical (unpaired) electrons. The average Bonchev–Trinajstić information content (AvgIpc) is 2.88. The Kier molecular flexibility index (Phi) is 3.48. The molecule has 0 spiro atoms. The van der Waals surface area contributed by atoms with Gasteiger partial charge in [0.25, 0.3) is 11.7 Å². The van der Waals surface area contributed by atoms with Crippen molar-refractivity contribution < 1.29 is 14.1 Å².